The van der Waals surface area contributed by atoms with Crippen molar-refractivity contribution in [2.75, 3.05) is 12.0 Å². The van der Waals surface area contributed by atoms with Gasteiger partial charge in [0.15, 0.2) is 0 Å². The molecule has 16 heavy (non-hydrogen) atoms. The molecule has 0 heterocycles. The standard InChI is InChI=1S/C11H16N2O2S/c1-16-10-6-7(2-4-8(10)12)3-5-9(13)11(14)15/h2,4,6,9H,3,5,12-13H2,1H3,(H,14,15). The van der Waals surface area contributed by atoms with Gasteiger partial charge in [0, 0.05) is 10.6 Å². The second-order valence-electron chi connectivity index (χ2n) is 3.56. The number of hydrogen-bond acceptors (Lipinski definition) is 4. The van der Waals surface area contributed by atoms with Crippen LogP contribution in [0.25, 0.3) is 0 Å². The van der Waals surface area contributed by atoms with E-state index in [0.29, 0.717) is 12.8 Å². The molecule has 1 atom stereocenters. The lowest BCUT2D eigenvalue weighted by molar-refractivity contribution is -0.138. The van der Waals surface area contributed by atoms with Gasteiger partial charge in [0.2, 0.25) is 0 Å². The minimum atomic E-state index is -0.958. The molecule has 0 amide bonds. The number of carboxylic acid groups (broad SMARTS) is 1. The summed E-state index contributed by atoms with van der Waals surface area (Å²) in [7, 11) is 0. The third-order valence-corrected chi connectivity index (χ3v) is 3.15. The number of rotatable bonds is 5. The van der Waals surface area contributed by atoms with Crippen molar-refractivity contribution in [1.82, 2.24) is 0 Å². The Labute approximate surface area is 99.0 Å². The van der Waals surface area contributed by atoms with Crippen LogP contribution in [0.5, 0.6) is 0 Å². The minimum Gasteiger partial charge on any atom is -0.480 e. The number of hydrogen-bond donors (Lipinski definition) is 3. The maximum Gasteiger partial charge on any atom is 0.320 e. The van der Waals surface area contributed by atoms with Crippen LogP contribution in [0.4, 0.5) is 5.69 Å². The normalized spacial score (nSPS) is 12.4. The van der Waals surface area contributed by atoms with Gasteiger partial charge in [-0.3, -0.25) is 4.79 Å². The number of nitrogens with two attached hydrogens (primary N) is 2. The third kappa shape index (κ3) is 3.43. The Balaban J connectivity index is 2.64. The molecule has 0 aliphatic rings. The summed E-state index contributed by atoms with van der Waals surface area (Å²) in [6.45, 7) is 0. The summed E-state index contributed by atoms with van der Waals surface area (Å²) >= 11 is 1.58. The van der Waals surface area contributed by atoms with Crippen molar-refractivity contribution in [3.8, 4) is 0 Å². The largest absolute Gasteiger partial charge is 0.480 e. The molecule has 4 nitrogen and oxygen atoms in total. The lowest BCUT2D eigenvalue weighted by Gasteiger charge is -2.08. The number of aryl methyl sites for hydroxylation is 1. The van der Waals surface area contributed by atoms with Crippen molar-refractivity contribution in [2.24, 2.45) is 5.73 Å². The SMILES string of the molecule is CSc1cc(CCC(N)C(=O)O)ccc1N. The average Bonchev–Trinajstić information content (AvgIpc) is 2.27. The number of carboxylic acids is 1. The molecule has 0 aromatic heterocycles. The van der Waals surface area contributed by atoms with Crippen molar-refractivity contribution in [1.29, 1.82) is 0 Å². The predicted octanol–water partition coefficient (Wildman–Crippen LogP) is 1.34. The Kier molecular flexibility index (Phi) is 4.64. The Bertz CT molecular complexity index is 382. The molecule has 88 valence electrons. The molecule has 5 N–H and O–H groups in total. The highest BCUT2D eigenvalue weighted by molar-refractivity contribution is 7.98. The van der Waals surface area contributed by atoms with Gasteiger partial charge in [-0.1, -0.05) is 6.07 Å². The predicted molar refractivity (Wildman–Crippen MR) is 66.6 cm³/mol. The van der Waals surface area contributed by atoms with E-state index in [4.69, 9.17) is 16.6 Å². The van der Waals surface area contributed by atoms with Crippen LogP contribution >= 0.6 is 11.8 Å². The molecule has 0 aliphatic heterocycles. The average molecular weight is 240 g/mol. The van der Waals surface area contributed by atoms with Gasteiger partial charge >= 0.3 is 5.97 Å². The molecule has 0 aliphatic carbocycles. The summed E-state index contributed by atoms with van der Waals surface area (Å²) in [6, 6.07) is 4.93. The first-order valence-corrected chi connectivity index (χ1v) is 6.18. The van der Waals surface area contributed by atoms with Gasteiger partial charge in [-0.2, -0.15) is 0 Å². The van der Waals surface area contributed by atoms with Crippen LogP contribution in [0.1, 0.15) is 12.0 Å². The number of carbonyl (C=O) groups is 1. The number of aliphatic carboxylic acids is 1. The molecule has 0 radical (unpaired) electrons. The maximum atomic E-state index is 10.5. The molecule has 1 aromatic rings. The monoisotopic (exact) mass is 240 g/mol. The number of anilines is 1. The van der Waals surface area contributed by atoms with Crippen LogP contribution in [-0.4, -0.2) is 23.4 Å². The second kappa shape index (κ2) is 5.77. The van der Waals surface area contributed by atoms with Gasteiger partial charge < -0.3 is 16.6 Å². The topological polar surface area (TPSA) is 89.3 Å². The minimum absolute atomic E-state index is 0.438. The summed E-state index contributed by atoms with van der Waals surface area (Å²) in [4.78, 5) is 11.6. The lowest BCUT2D eigenvalue weighted by atomic mass is 10.1. The van der Waals surface area contributed by atoms with Crippen LogP contribution in [-0.2, 0) is 11.2 Å². The van der Waals surface area contributed by atoms with E-state index in [2.05, 4.69) is 0 Å². The van der Waals surface area contributed by atoms with Crippen molar-refractivity contribution in [3.05, 3.63) is 23.8 Å². The Morgan fingerprint density at radius 1 is 1.56 bits per heavy atom. The van der Waals surface area contributed by atoms with Crippen LogP contribution in [0.15, 0.2) is 23.1 Å². The second-order valence-corrected chi connectivity index (χ2v) is 4.41. The third-order valence-electron chi connectivity index (χ3n) is 2.36. The Morgan fingerprint density at radius 2 is 2.25 bits per heavy atom. The Morgan fingerprint density at radius 3 is 2.81 bits per heavy atom. The molecule has 0 saturated heterocycles. The summed E-state index contributed by atoms with van der Waals surface area (Å²) in [5, 5.41) is 8.66. The van der Waals surface area contributed by atoms with E-state index < -0.39 is 12.0 Å². The molecular weight excluding hydrogens is 224 g/mol. The van der Waals surface area contributed by atoms with E-state index in [0.717, 1.165) is 16.1 Å². The lowest BCUT2D eigenvalue weighted by Crippen LogP contribution is -2.30. The van der Waals surface area contributed by atoms with Crippen LogP contribution < -0.4 is 11.5 Å². The fourth-order valence-electron chi connectivity index (χ4n) is 1.36. The van der Waals surface area contributed by atoms with Gasteiger partial charge in [-0.15, -0.1) is 11.8 Å². The Hall–Kier alpha value is -1.20. The van der Waals surface area contributed by atoms with Crippen molar-refractivity contribution < 1.29 is 9.90 Å². The van der Waals surface area contributed by atoms with Crippen molar-refractivity contribution in [2.45, 2.75) is 23.8 Å². The van der Waals surface area contributed by atoms with E-state index in [-0.39, 0.29) is 0 Å². The van der Waals surface area contributed by atoms with Gasteiger partial charge in [0.1, 0.15) is 6.04 Å². The van der Waals surface area contributed by atoms with Crippen LogP contribution in [0, 0.1) is 0 Å². The first-order valence-electron chi connectivity index (χ1n) is 4.95. The zero-order valence-electron chi connectivity index (χ0n) is 9.14. The van der Waals surface area contributed by atoms with E-state index in [1.54, 1.807) is 11.8 Å². The van der Waals surface area contributed by atoms with E-state index in [1.165, 1.54) is 0 Å². The van der Waals surface area contributed by atoms with E-state index in [1.807, 2.05) is 24.5 Å². The summed E-state index contributed by atoms with van der Waals surface area (Å²) in [5.74, 6) is -0.958. The smallest absolute Gasteiger partial charge is 0.320 e. The summed E-state index contributed by atoms with van der Waals surface area (Å²) in [6.07, 6.45) is 3.05. The van der Waals surface area contributed by atoms with Crippen molar-refractivity contribution in [3.63, 3.8) is 0 Å². The van der Waals surface area contributed by atoms with Gasteiger partial charge in [-0.05, 0) is 36.8 Å². The highest BCUT2D eigenvalue weighted by Crippen LogP contribution is 2.24. The summed E-state index contributed by atoms with van der Waals surface area (Å²) in [5.41, 5.74) is 13.0. The number of nitrogen functional groups attached to an aromatic ring is 1. The molecule has 1 rings (SSSR count). The molecule has 0 saturated carbocycles. The van der Waals surface area contributed by atoms with Gasteiger partial charge in [0.05, 0.1) is 0 Å². The number of benzene rings is 1. The zero-order valence-corrected chi connectivity index (χ0v) is 9.96. The van der Waals surface area contributed by atoms with E-state index >= 15 is 0 Å². The van der Waals surface area contributed by atoms with Crippen LogP contribution in [0.3, 0.4) is 0 Å². The fraction of sp³-hybridized carbons (Fsp3) is 0.364. The van der Waals surface area contributed by atoms with Crippen LogP contribution in [0.2, 0.25) is 0 Å². The molecule has 1 unspecified atom stereocenters. The molecule has 0 spiro atoms. The molecule has 1 aromatic carbocycles. The molecular formula is C11H16N2O2S. The number of thioether (sulfide) groups is 1. The first kappa shape index (κ1) is 12.9. The molecule has 0 fully saturated rings. The molecule has 0 bridgehead atoms. The highest BCUT2D eigenvalue weighted by Gasteiger charge is 2.11. The summed E-state index contributed by atoms with van der Waals surface area (Å²) < 4.78 is 0. The zero-order chi connectivity index (χ0) is 12.1. The highest BCUT2D eigenvalue weighted by atomic mass is 32.2. The maximum absolute atomic E-state index is 10.5. The van der Waals surface area contributed by atoms with Gasteiger partial charge in [-0.25, -0.2) is 0 Å². The van der Waals surface area contributed by atoms with Crippen molar-refractivity contribution >= 4 is 23.4 Å². The van der Waals surface area contributed by atoms with E-state index in [9.17, 15) is 4.79 Å². The molecule has 5 heteroatoms. The van der Waals surface area contributed by atoms with Gasteiger partial charge in [0.25, 0.3) is 0 Å². The quantitative estimate of drug-likeness (QED) is 0.534. The fourth-order valence-corrected chi connectivity index (χ4v) is 1.93. The first-order chi connectivity index (χ1) is 7.54.